The molecule has 0 spiro atoms. The predicted molar refractivity (Wildman–Crippen MR) is 80.1 cm³/mol. The standard InChI is InChI=1S/C16H16F2N4O2/c17-11-3-2-9(8-12(11)18)22-7-4-10(14(22)23)13-20-15(21-24-13)16(19)5-1-6-16/h2-3,8,10H,1,4-7,19H2. The Labute approximate surface area is 136 Å². The third-order valence-corrected chi connectivity index (χ3v) is 4.85. The van der Waals surface area contributed by atoms with E-state index in [-0.39, 0.29) is 11.8 Å². The normalized spacial score (nSPS) is 22.7. The van der Waals surface area contributed by atoms with Gasteiger partial charge in [-0.15, -0.1) is 0 Å². The molecule has 2 heterocycles. The molecule has 2 aliphatic rings. The number of halogens is 2. The maximum absolute atomic E-state index is 13.4. The van der Waals surface area contributed by atoms with Crippen molar-refractivity contribution in [3.8, 4) is 0 Å². The zero-order chi connectivity index (χ0) is 16.9. The first-order valence-electron chi connectivity index (χ1n) is 7.87. The first-order chi connectivity index (χ1) is 11.5. The summed E-state index contributed by atoms with van der Waals surface area (Å²) in [6.45, 7) is 0.375. The maximum atomic E-state index is 13.4. The largest absolute Gasteiger partial charge is 0.338 e. The molecule has 1 amide bonds. The van der Waals surface area contributed by atoms with Crippen LogP contribution in [0.25, 0.3) is 0 Å². The molecule has 1 saturated carbocycles. The van der Waals surface area contributed by atoms with E-state index in [1.807, 2.05) is 0 Å². The Morgan fingerprint density at radius 1 is 1.29 bits per heavy atom. The molecule has 1 aliphatic heterocycles. The van der Waals surface area contributed by atoms with Gasteiger partial charge in [0.2, 0.25) is 11.8 Å². The predicted octanol–water partition coefficient (Wildman–Crippen LogP) is 2.21. The van der Waals surface area contributed by atoms with Crippen molar-refractivity contribution < 1.29 is 18.1 Å². The van der Waals surface area contributed by atoms with Crippen molar-refractivity contribution in [2.45, 2.75) is 37.1 Å². The van der Waals surface area contributed by atoms with Crippen molar-refractivity contribution in [2.24, 2.45) is 5.73 Å². The van der Waals surface area contributed by atoms with E-state index in [9.17, 15) is 13.6 Å². The molecule has 126 valence electrons. The topological polar surface area (TPSA) is 85.2 Å². The van der Waals surface area contributed by atoms with Gasteiger partial charge in [0.15, 0.2) is 17.5 Å². The number of amides is 1. The van der Waals surface area contributed by atoms with Crippen molar-refractivity contribution in [3.63, 3.8) is 0 Å². The van der Waals surface area contributed by atoms with Crippen molar-refractivity contribution in [1.29, 1.82) is 0 Å². The molecule has 24 heavy (non-hydrogen) atoms. The first-order valence-corrected chi connectivity index (χ1v) is 7.87. The molecule has 1 atom stereocenters. The summed E-state index contributed by atoms with van der Waals surface area (Å²) in [6.07, 6.45) is 3.08. The minimum Gasteiger partial charge on any atom is -0.338 e. The molecule has 1 aromatic heterocycles. The smallest absolute Gasteiger partial charge is 0.239 e. The van der Waals surface area contributed by atoms with Crippen molar-refractivity contribution in [3.05, 3.63) is 41.5 Å². The highest BCUT2D eigenvalue weighted by molar-refractivity contribution is 5.99. The lowest BCUT2D eigenvalue weighted by atomic mass is 9.77. The lowest BCUT2D eigenvalue weighted by Crippen LogP contribution is -2.44. The number of hydrogen-bond donors (Lipinski definition) is 1. The molecular formula is C16H16F2N4O2. The second-order valence-corrected chi connectivity index (χ2v) is 6.40. The highest BCUT2D eigenvalue weighted by atomic mass is 19.2. The van der Waals surface area contributed by atoms with Gasteiger partial charge >= 0.3 is 0 Å². The minimum atomic E-state index is -0.987. The van der Waals surface area contributed by atoms with E-state index in [1.165, 1.54) is 11.0 Å². The molecule has 1 aromatic carbocycles. The highest BCUT2D eigenvalue weighted by Crippen LogP contribution is 2.38. The van der Waals surface area contributed by atoms with Gasteiger partial charge in [0.1, 0.15) is 5.92 Å². The molecule has 2 aromatic rings. The Morgan fingerprint density at radius 3 is 2.75 bits per heavy atom. The Balaban J connectivity index is 1.56. The van der Waals surface area contributed by atoms with Crippen LogP contribution in [0, 0.1) is 11.6 Å². The SMILES string of the molecule is NC1(c2noc(C3CCN(c4ccc(F)c(F)c4)C3=O)n2)CCC1. The van der Waals surface area contributed by atoms with Crippen LogP contribution in [0.15, 0.2) is 22.7 Å². The van der Waals surface area contributed by atoms with Crippen LogP contribution in [-0.2, 0) is 10.3 Å². The van der Waals surface area contributed by atoms with E-state index in [2.05, 4.69) is 10.1 Å². The van der Waals surface area contributed by atoms with Crippen LogP contribution in [0.4, 0.5) is 14.5 Å². The number of aromatic nitrogens is 2. The maximum Gasteiger partial charge on any atom is 0.239 e. The molecule has 6 nitrogen and oxygen atoms in total. The summed E-state index contributed by atoms with van der Waals surface area (Å²) in [5.41, 5.74) is 5.93. The molecule has 8 heteroatoms. The van der Waals surface area contributed by atoms with Gasteiger partial charge in [-0.3, -0.25) is 4.79 Å². The van der Waals surface area contributed by atoms with E-state index in [0.717, 1.165) is 31.4 Å². The van der Waals surface area contributed by atoms with Crippen molar-refractivity contribution in [2.75, 3.05) is 11.4 Å². The third-order valence-electron chi connectivity index (χ3n) is 4.85. The monoisotopic (exact) mass is 334 g/mol. The number of nitrogens with two attached hydrogens (primary N) is 1. The van der Waals surface area contributed by atoms with E-state index in [4.69, 9.17) is 10.3 Å². The van der Waals surface area contributed by atoms with Crippen molar-refractivity contribution in [1.82, 2.24) is 10.1 Å². The van der Waals surface area contributed by atoms with Crippen LogP contribution < -0.4 is 10.6 Å². The fourth-order valence-electron chi connectivity index (χ4n) is 3.18. The molecular weight excluding hydrogens is 318 g/mol. The van der Waals surface area contributed by atoms with Gasteiger partial charge in [-0.25, -0.2) is 8.78 Å². The summed E-state index contributed by atoms with van der Waals surface area (Å²) < 4.78 is 31.7. The summed E-state index contributed by atoms with van der Waals surface area (Å²) in [4.78, 5) is 18.3. The molecule has 4 rings (SSSR count). The fraction of sp³-hybridized carbons (Fsp3) is 0.438. The van der Waals surface area contributed by atoms with Gasteiger partial charge in [0.05, 0.1) is 5.54 Å². The average Bonchev–Trinajstić information content (AvgIpc) is 3.14. The molecule has 1 unspecified atom stereocenters. The summed E-state index contributed by atoms with van der Waals surface area (Å²) >= 11 is 0. The average molecular weight is 334 g/mol. The number of hydrogen-bond acceptors (Lipinski definition) is 5. The van der Waals surface area contributed by atoms with Gasteiger partial charge in [0.25, 0.3) is 0 Å². The van der Waals surface area contributed by atoms with Crippen LogP contribution in [-0.4, -0.2) is 22.6 Å². The van der Waals surface area contributed by atoms with Gasteiger partial charge in [-0.1, -0.05) is 5.16 Å². The van der Waals surface area contributed by atoms with E-state index in [0.29, 0.717) is 24.5 Å². The van der Waals surface area contributed by atoms with Crippen LogP contribution >= 0.6 is 0 Å². The van der Waals surface area contributed by atoms with Gasteiger partial charge < -0.3 is 15.2 Å². The Morgan fingerprint density at radius 2 is 2.08 bits per heavy atom. The summed E-state index contributed by atoms with van der Waals surface area (Å²) in [7, 11) is 0. The molecule has 1 aliphatic carbocycles. The summed E-state index contributed by atoms with van der Waals surface area (Å²) in [5.74, 6) is -2.12. The van der Waals surface area contributed by atoms with E-state index in [1.54, 1.807) is 0 Å². The van der Waals surface area contributed by atoms with E-state index >= 15 is 0 Å². The number of carbonyl (C=O) groups is 1. The third kappa shape index (κ3) is 2.29. The van der Waals surface area contributed by atoms with Gasteiger partial charge in [-0.05, 0) is 37.8 Å². The van der Waals surface area contributed by atoms with E-state index < -0.39 is 23.1 Å². The number of nitrogens with zero attached hydrogens (tertiary/aromatic N) is 3. The van der Waals surface area contributed by atoms with Gasteiger partial charge in [0, 0.05) is 18.3 Å². The summed E-state index contributed by atoms with van der Waals surface area (Å²) in [5, 5.41) is 3.92. The number of rotatable bonds is 3. The zero-order valence-electron chi connectivity index (χ0n) is 12.8. The molecule has 2 N–H and O–H groups in total. The second-order valence-electron chi connectivity index (χ2n) is 6.40. The fourth-order valence-corrected chi connectivity index (χ4v) is 3.18. The first kappa shape index (κ1) is 15.2. The number of benzene rings is 1. The second kappa shape index (κ2) is 5.34. The van der Waals surface area contributed by atoms with Crippen LogP contribution in [0.5, 0.6) is 0 Å². The Kier molecular flexibility index (Phi) is 3.38. The molecule has 0 radical (unpaired) electrons. The van der Waals surface area contributed by atoms with Crippen molar-refractivity contribution >= 4 is 11.6 Å². The van der Waals surface area contributed by atoms with Crippen LogP contribution in [0.3, 0.4) is 0 Å². The zero-order valence-corrected chi connectivity index (χ0v) is 12.8. The minimum absolute atomic E-state index is 0.233. The molecule has 2 fully saturated rings. The lowest BCUT2D eigenvalue weighted by Gasteiger charge is -2.34. The van der Waals surface area contributed by atoms with Gasteiger partial charge in [-0.2, -0.15) is 4.98 Å². The molecule has 0 bridgehead atoms. The highest BCUT2D eigenvalue weighted by Gasteiger charge is 2.42. The summed E-state index contributed by atoms with van der Waals surface area (Å²) in [6, 6.07) is 3.39. The Hall–Kier alpha value is -2.35. The molecule has 1 saturated heterocycles. The number of anilines is 1. The van der Waals surface area contributed by atoms with Crippen LogP contribution in [0.2, 0.25) is 0 Å². The number of carbonyl (C=O) groups excluding carboxylic acids is 1. The lowest BCUT2D eigenvalue weighted by molar-refractivity contribution is -0.118. The van der Waals surface area contributed by atoms with Crippen LogP contribution in [0.1, 0.15) is 43.3 Å². The Bertz CT molecular complexity index is 803. The quantitative estimate of drug-likeness (QED) is 0.930.